The molecule has 0 atom stereocenters. The standard InChI is InChI=1S/C24H17FN4O3S/c25-17-8-6-16(7-9-17)22-20(11-29(28-22)18-12-33(30,31)13-18)23-19-10-21(15-4-2-1-3-5-15)32-24(19)27-14-26-23/h1-11,14,18H,12-13H2. The number of benzene rings is 2. The van der Waals surface area contributed by atoms with E-state index in [1.165, 1.54) is 18.5 Å². The molecule has 1 fully saturated rings. The van der Waals surface area contributed by atoms with E-state index in [0.29, 0.717) is 39.4 Å². The summed E-state index contributed by atoms with van der Waals surface area (Å²) in [6, 6.07) is 17.4. The maximum Gasteiger partial charge on any atom is 0.230 e. The molecule has 0 bridgehead atoms. The molecule has 0 saturated carbocycles. The predicted octanol–water partition coefficient (Wildman–Crippen LogP) is 4.53. The molecule has 0 spiro atoms. The summed E-state index contributed by atoms with van der Waals surface area (Å²) in [7, 11) is -3.03. The minimum absolute atomic E-state index is 0.0417. The summed E-state index contributed by atoms with van der Waals surface area (Å²) in [5.74, 6) is 0.393. The zero-order valence-electron chi connectivity index (χ0n) is 17.2. The van der Waals surface area contributed by atoms with Crippen molar-refractivity contribution in [2.75, 3.05) is 11.5 Å². The van der Waals surface area contributed by atoms with Gasteiger partial charge in [0.2, 0.25) is 5.71 Å². The lowest BCUT2D eigenvalue weighted by molar-refractivity contribution is 0.474. The van der Waals surface area contributed by atoms with Crippen LogP contribution in [-0.4, -0.2) is 39.7 Å². The Morgan fingerprint density at radius 2 is 1.70 bits per heavy atom. The summed E-state index contributed by atoms with van der Waals surface area (Å²) in [4.78, 5) is 8.80. The van der Waals surface area contributed by atoms with E-state index in [1.54, 1.807) is 23.0 Å². The van der Waals surface area contributed by atoms with E-state index in [2.05, 4.69) is 15.1 Å². The van der Waals surface area contributed by atoms with Crippen molar-refractivity contribution in [1.29, 1.82) is 0 Å². The Morgan fingerprint density at radius 1 is 0.939 bits per heavy atom. The van der Waals surface area contributed by atoms with E-state index in [4.69, 9.17) is 4.42 Å². The van der Waals surface area contributed by atoms with Crippen molar-refractivity contribution in [1.82, 2.24) is 19.7 Å². The Kier molecular flexibility index (Phi) is 4.41. The van der Waals surface area contributed by atoms with Gasteiger partial charge in [-0.05, 0) is 30.3 Å². The summed E-state index contributed by atoms with van der Waals surface area (Å²) in [5, 5.41) is 5.39. The summed E-state index contributed by atoms with van der Waals surface area (Å²) in [6.45, 7) is 0. The van der Waals surface area contributed by atoms with Crippen LogP contribution in [0.15, 0.2) is 77.6 Å². The van der Waals surface area contributed by atoms with Crippen LogP contribution in [0.3, 0.4) is 0 Å². The monoisotopic (exact) mass is 460 g/mol. The van der Waals surface area contributed by atoms with Crippen molar-refractivity contribution >= 4 is 20.9 Å². The molecule has 0 amide bonds. The highest BCUT2D eigenvalue weighted by Gasteiger charge is 2.36. The molecule has 0 N–H and O–H groups in total. The third-order valence-electron chi connectivity index (χ3n) is 5.76. The minimum atomic E-state index is -3.03. The van der Waals surface area contributed by atoms with E-state index in [9.17, 15) is 12.8 Å². The van der Waals surface area contributed by atoms with Gasteiger partial charge in [-0.15, -0.1) is 0 Å². The average molecular weight is 460 g/mol. The molecule has 33 heavy (non-hydrogen) atoms. The normalized spacial score (nSPS) is 15.5. The van der Waals surface area contributed by atoms with Crippen LogP contribution in [0.5, 0.6) is 0 Å². The fourth-order valence-electron chi connectivity index (χ4n) is 4.08. The number of aromatic nitrogens is 4. The number of nitrogens with zero attached hydrogens (tertiary/aromatic N) is 4. The first kappa shape index (κ1) is 19.8. The largest absolute Gasteiger partial charge is 0.438 e. The number of furan rings is 1. The number of sulfone groups is 1. The van der Waals surface area contributed by atoms with Gasteiger partial charge in [0.15, 0.2) is 9.84 Å². The van der Waals surface area contributed by atoms with Crippen LogP contribution < -0.4 is 0 Å². The second-order valence-electron chi connectivity index (χ2n) is 8.03. The van der Waals surface area contributed by atoms with Crippen molar-refractivity contribution in [2.24, 2.45) is 0 Å². The number of fused-ring (bicyclic) bond motifs is 1. The topological polar surface area (TPSA) is 90.9 Å². The molecule has 0 unspecified atom stereocenters. The van der Waals surface area contributed by atoms with Gasteiger partial charge in [0.25, 0.3) is 0 Å². The first-order valence-electron chi connectivity index (χ1n) is 10.3. The molecule has 1 aliphatic rings. The molecule has 7 nitrogen and oxygen atoms in total. The second kappa shape index (κ2) is 7.35. The lowest BCUT2D eigenvalue weighted by Crippen LogP contribution is -2.38. The van der Waals surface area contributed by atoms with Gasteiger partial charge in [0, 0.05) is 22.9 Å². The predicted molar refractivity (Wildman–Crippen MR) is 122 cm³/mol. The number of hydrogen-bond donors (Lipinski definition) is 0. The molecule has 0 radical (unpaired) electrons. The van der Waals surface area contributed by atoms with Gasteiger partial charge in [-0.25, -0.2) is 22.8 Å². The lowest BCUT2D eigenvalue weighted by Gasteiger charge is -2.25. The Bertz CT molecular complexity index is 1580. The Labute approximate surface area is 188 Å². The highest BCUT2D eigenvalue weighted by Crippen LogP contribution is 2.38. The smallest absolute Gasteiger partial charge is 0.230 e. The molecular formula is C24H17FN4O3S. The second-order valence-corrected chi connectivity index (χ2v) is 10.2. The van der Waals surface area contributed by atoms with E-state index < -0.39 is 9.84 Å². The number of hydrogen-bond acceptors (Lipinski definition) is 6. The number of rotatable bonds is 4. The van der Waals surface area contributed by atoms with E-state index in [0.717, 1.165) is 5.56 Å². The fraction of sp³-hybridized carbons (Fsp3) is 0.125. The van der Waals surface area contributed by atoms with Crippen LogP contribution in [0.25, 0.3) is 44.9 Å². The molecule has 6 rings (SSSR count). The van der Waals surface area contributed by atoms with E-state index in [-0.39, 0.29) is 23.4 Å². The van der Waals surface area contributed by atoms with Crippen LogP contribution in [0.2, 0.25) is 0 Å². The molecule has 5 aromatic rings. The van der Waals surface area contributed by atoms with Gasteiger partial charge in [0.1, 0.15) is 23.6 Å². The summed E-state index contributed by atoms with van der Waals surface area (Å²) in [5.41, 5.74) is 3.93. The maximum atomic E-state index is 13.6. The van der Waals surface area contributed by atoms with Crippen LogP contribution in [0.1, 0.15) is 6.04 Å². The fourth-order valence-corrected chi connectivity index (χ4v) is 5.46. The molecule has 3 aromatic heterocycles. The molecule has 2 aromatic carbocycles. The van der Waals surface area contributed by atoms with Gasteiger partial charge in [0.05, 0.1) is 28.6 Å². The Balaban J connectivity index is 1.53. The van der Waals surface area contributed by atoms with Gasteiger partial charge in [-0.2, -0.15) is 5.10 Å². The molecule has 1 saturated heterocycles. The lowest BCUT2D eigenvalue weighted by atomic mass is 10.0. The van der Waals surface area contributed by atoms with Gasteiger partial charge >= 0.3 is 0 Å². The first-order valence-corrected chi connectivity index (χ1v) is 12.1. The number of halogens is 1. The van der Waals surface area contributed by atoms with Gasteiger partial charge in [-0.1, -0.05) is 30.3 Å². The van der Waals surface area contributed by atoms with Crippen LogP contribution in [-0.2, 0) is 9.84 Å². The molecule has 164 valence electrons. The molecule has 4 heterocycles. The Hall–Kier alpha value is -3.85. The maximum absolute atomic E-state index is 13.6. The third-order valence-corrected chi connectivity index (χ3v) is 7.54. The summed E-state index contributed by atoms with van der Waals surface area (Å²) >= 11 is 0. The minimum Gasteiger partial charge on any atom is -0.438 e. The molecule has 0 aliphatic carbocycles. The third kappa shape index (κ3) is 3.50. The highest BCUT2D eigenvalue weighted by atomic mass is 32.2. The molecule has 9 heteroatoms. The summed E-state index contributed by atoms with van der Waals surface area (Å²) in [6.07, 6.45) is 3.23. The SMILES string of the molecule is O=S1(=O)CC(n2cc(-c3ncnc4oc(-c5ccccc5)cc34)c(-c3ccc(F)cc3)n2)C1. The zero-order chi connectivity index (χ0) is 22.6. The van der Waals surface area contributed by atoms with Gasteiger partial charge < -0.3 is 4.42 Å². The van der Waals surface area contributed by atoms with Crippen molar-refractivity contribution in [2.45, 2.75) is 6.04 Å². The van der Waals surface area contributed by atoms with Crippen molar-refractivity contribution < 1.29 is 17.2 Å². The Morgan fingerprint density at radius 3 is 2.42 bits per heavy atom. The van der Waals surface area contributed by atoms with Crippen molar-refractivity contribution in [3.63, 3.8) is 0 Å². The van der Waals surface area contributed by atoms with E-state index in [1.807, 2.05) is 36.4 Å². The van der Waals surface area contributed by atoms with Crippen molar-refractivity contribution in [3.05, 3.63) is 79.0 Å². The van der Waals surface area contributed by atoms with Crippen LogP contribution in [0, 0.1) is 5.82 Å². The highest BCUT2D eigenvalue weighted by molar-refractivity contribution is 7.92. The van der Waals surface area contributed by atoms with Crippen LogP contribution >= 0.6 is 0 Å². The van der Waals surface area contributed by atoms with E-state index >= 15 is 0 Å². The average Bonchev–Trinajstić information content (AvgIpc) is 3.43. The van der Waals surface area contributed by atoms with Crippen molar-refractivity contribution in [3.8, 4) is 33.8 Å². The summed E-state index contributed by atoms with van der Waals surface area (Å²) < 4.78 is 44.7. The molecular weight excluding hydrogens is 443 g/mol. The van der Waals surface area contributed by atoms with Crippen LogP contribution in [0.4, 0.5) is 4.39 Å². The van der Waals surface area contributed by atoms with Gasteiger partial charge in [-0.3, -0.25) is 4.68 Å². The molecule has 1 aliphatic heterocycles. The zero-order valence-corrected chi connectivity index (χ0v) is 18.0. The quantitative estimate of drug-likeness (QED) is 0.391. The first-order chi connectivity index (χ1) is 16.0.